The summed E-state index contributed by atoms with van der Waals surface area (Å²) in [6.45, 7) is 6.21. The van der Waals surface area contributed by atoms with Gasteiger partial charge in [0.1, 0.15) is 0 Å². The number of nitrogens with one attached hydrogen (secondary N) is 1. The minimum atomic E-state index is -4.35. The van der Waals surface area contributed by atoms with Crippen LogP contribution in [0.5, 0.6) is 0 Å². The third-order valence-electron chi connectivity index (χ3n) is 6.75. The number of alkyl halides is 3. The highest BCUT2D eigenvalue weighted by Gasteiger charge is 2.31. The fraction of sp³-hybridized carbons (Fsp3) is 0.400. The Hall–Kier alpha value is -3.00. The van der Waals surface area contributed by atoms with Crippen LogP contribution in [0.25, 0.3) is 10.9 Å². The second-order valence-electron chi connectivity index (χ2n) is 9.01. The Labute approximate surface area is 190 Å². The standard InChI is InChI=1S/C25H27F3N4O/c1-17-5-6-22-20(13-17)21-15-32(8-7-23(21)29-22)24(33)16-30-9-11-31(12-10-30)19-4-2-3-18(14-19)25(26,27)28/h2-6,13-14,29H,7-12,15-16H2,1H3. The van der Waals surface area contributed by atoms with Crippen molar-refractivity contribution in [2.24, 2.45) is 0 Å². The molecule has 0 spiro atoms. The van der Waals surface area contributed by atoms with Crippen LogP contribution in [0, 0.1) is 6.92 Å². The van der Waals surface area contributed by atoms with Gasteiger partial charge in [0.2, 0.25) is 5.91 Å². The zero-order chi connectivity index (χ0) is 23.2. The number of aryl methyl sites for hydroxylation is 1. The average Bonchev–Trinajstić information content (AvgIpc) is 3.16. The molecule has 2 aliphatic rings. The molecule has 8 heteroatoms. The van der Waals surface area contributed by atoms with Gasteiger partial charge in [0.05, 0.1) is 12.1 Å². The molecule has 5 rings (SSSR count). The van der Waals surface area contributed by atoms with E-state index in [-0.39, 0.29) is 5.91 Å². The van der Waals surface area contributed by atoms with Gasteiger partial charge in [-0.2, -0.15) is 13.2 Å². The third kappa shape index (κ3) is 4.44. The first-order valence-corrected chi connectivity index (χ1v) is 11.3. The summed E-state index contributed by atoms with van der Waals surface area (Å²) >= 11 is 0. The van der Waals surface area contributed by atoms with E-state index in [9.17, 15) is 18.0 Å². The van der Waals surface area contributed by atoms with Gasteiger partial charge in [0.15, 0.2) is 0 Å². The molecule has 0 radical (unpaired) electrons. The molecule has 2 aromatic carbocycles. The smallest absolute Gasteiger partial charge is 0.369 e. The molecule has 0 bridgehead atoms. The van der Waals surface area contributed by atoms with Crippen molar-refractivity contribution in [2.45, 2.75) is 26.1 Å². The lowest BCUT2D eigenvalue weighted by molar-refractivity contribution is -0.137. The Morgan fingerprint density at radius 2 is 1.82 bits per heavy atom. The van der Waals surface area contributed by atoms with Gasteiger partial charge in [-0.05, 0) is 37.3 Å². The maximum Gasteiger partial charge on any atom is 0.416 e. The highest BCUT2D eigenvalue weighted by molar-refractivity contribution is 5.87. The van der Waals surface area contributed by atoms with Crippen LogP contribution >= 0.6 is 0 Å². The largest absolute Gasteiger partial charge is 0.416 e. The van der Waals surface area contributed by atoms with Crippen LogP contribution in [0.3, 0.4) is 0 Å². The van der Waals surface area contributed by atoms with E-state index in [0.717, 1.165) is 18.0 Å². The summed E-state index contributed by atoms with van der Waals surface area (Å²) in [5.74, 6) is 0.107. The van der Waals surface area contributed by atoms with Gasteiger partial charge in [-0.15, -0.1) is 0 Å². The van der Waals surface area contributed by atoms with Gasteiger partial charge in [0, 0.05) is 73.5 Å². The van der Waals surface area contributed by atoms with Crippen molar-refractivity contribution in [3.05, 3.63) is 64.8 Å². The molecule has 0 aliphatic carbocycles. The molecule has 1 amide bonds. The fourth-order valence-electron chi connectivity index (χ4n) is 4.88. The van der Waals surface area contributed by atoms with E-state index in [1.165, 1.54) is 34.3 Å². The van der Waals surface area contributed by atoms with Crippen LogP contribution in [0.1, 0.15) is 22.4 Å². The number of benzene rings is 2. The lowest BCUT2D eigenvalue weighted by atomic mass is 10.0. The molecular weight excluding hydrogens is 429 g/mol. The first kappa shape index (κ1) is 21.8. The molecule has 33 heavy (non-hydrogen) atoms. The highest BCUT2D eigenvalue weighted by atomic mass is 19.4. The van der Waals surface area contributed by atoms with Gasteiger partial charge in [-0.3, -0.25) is 9.69 Å². The van der Waals surface area contributed by atoms with Crippen molar-refractivity contribution in [1.82, 2.24) is 14.8 Å². The molecular formula is C25H27F3N4O. The second kappa shape index (κ2) is 8.41. The zero-order valence-corrected chi connectivity index (χ0v) is 18.6. The van der Waals surface area contributed by atoms with Crippen LogP contribution in [0.2, 0.25) is 0 Å². The predicted molar refractivity (Wildman–Crippen MR) is 122 cm³/mol. The van der Waals surface area contributed by atoms with E-state index in [2.05, 4.69) is 35.0 Å². The van der Waals surface area contributed by atoms with Crippen molar-refractivity contribution in [3.8, 4) is 0 Å². The molecule has 1 fully saturated rings. The molecule has 5 nitrogen and oxygen atoms in total. The molecule has 1 saturated heterocycles. The van der Waals surface area contributed by atoms with E-state index in [4.69, 9.17) is 0 Å². The number of rotatable bonds is 3. The summed E-state index contributed by atoms with van der Waals surface area (Å²) in [6.07, 6.45) is -3.53. The number of aromatic amines is 1. The number of carbonyl (C=O) groups excluding carboxylic acids is 1. The van der Waals surface area contributed by atoms with E-state index in [1.807, 2.05) is 9.80 Å². The first-order valence-electron chi connectivity index (χ1n) is 11.3. The summed E-state index contributed by atoms with van der Waals surface area (Å²) in [5.41, 5.74) is 4.69. The number of anilines is 1. The minimum absolute atomic E-state index is 0.107. The van der Waals surface area contributed by atoms with Crippen molar-refractivity contribution < 1.29 is 18.0 Å². The molecule has 2 aliphatic heterocycles. The lowest BCUT2D eigenvalue weighted by Gasteiger charge is -2.37. The summed E-state index contributed by atoms with van der Waals surface area (Å²) in [7, 11) is 0. The summed E-state index contributed by atoms with van der Waals surface area (Å²) in [5, 5.41) is 1.19. The number of aromatic nitrogens is 1. The number of nitrogens with zero attached hydrogens (tertiary/aromatic N) is 3. The second-order valence-corrected chi connectivity index (χ2v) is 9.01. The Balaban J connectivity index is 1.19. The number of halogens is 3. The predicted octanol–water partition coefficient (Wildman–Crippen LogP) is 4.20. The van der Waals surface area contributed by atoms with Crippen molar-refractivity contribution in [2.75, 3.05) is 44.2 Å². The average molecular weight is 457 g/mol. The minimum Gasteiger partial charge on any atom is -0.369 e. The van der Waals surface area contributed by atoms with E-state index in [1.54, 1.807) is 6.07 Å². The third-order valence-corrected chi connectivity index (χ3v) is 6.75. The highest BCUT2D eigenvalue weighted by Crippen LogP contribution is 2.32. The van der Waals surface area contributed by atoms with Crippen LogP contribution in [-0.2, 0) is 23.9 Å². The molecule has 174 valence electrons. The lowest BCUT2D eigenvalue weighted by Crippen LogP contribution is -2.50. The van der Waals surface area contributed by atoms with Gasteiger partial charge < -0.3 is 14.8 Å². The SMILES string of the molecule is Cc1ccc2[nH]c3c(c2c1)CN(C(=O)CN1CCN(c2cccc(C(F)(F)F)c2)CC1)CC3. The molecule has 3 aromatic rings. The molecule has 0 saturated carbocycles. The number of fused-ring (bicyclic) bond motifs is 3. The number of hydrogen-bond acceptors (Lipinski definition) is 3. The van der Waals surface area contributed by atoms with Crippen LogP contribution < -0.4 is 4.90 Å². The number of hydrogen-bond donors (Lipinski definition) is 1. The maximum atomic E-state index is 13.0. The number of carbonyl (C=O) groups is 1. The van der Waals surface area contributed by atoms with Crippen molar-refractivity contribution in [1.29, 1.82) is 0 Å². The number of H-pyrrole nitrogens is 1. The Morgan fingerprint density at radius 3 is 2.58 bits per heavy atom. The Kier molecular flexibility index (Phi) is 5.56. The Bertz CT molecular complexity index is 1180. The molecule has 1 aromatic heterocycles. The summed E-state index contributed by atoms with van der Waals surface area (Å²) < 4.78 is 39.1. The van der Waals surface area contributed by atoms with Crippen LogP contribution in [-0.4, -0.2) is 60.0 Å². The maximum absolute atomic E-state index is 13.0. The zero-order valence-electron chi connectivity index (χ0n) is 18.6. The molecule has 1 N–H and O–H groups in total. The van der Waals surface area contributed by atoms with E-state index < -0.39 is 11.7 Å². The van der Waals surface area contributed by atoms with Crippen molar-refractivity contribution >= 4 is 22.5 Å². The van der Waals surface area contributed by atoms with E-state index >= 15 is 0 Å². The van der Waals surface area contributed by atoms with Gasteiger partial charge >= 0.3 is 6.18 Å². The molecule has 0 unspecified atom stereocenters. The summed E-state index contributed by atoms with van der Waals surface area (Å²) in [4.78, 5) is 22.5. The monoisotopic (exact) mass is 456 g/mol. The molecule has 0 atom stereocenters. The van der Waals surface area contributed by atoms with Gasteiger partial charge in [-0.25, -0.2) is 0 Å². The quantitative estimate of drug-likeness (QED) is 0.642. The normalized spacial score (nSPS) is 17.5. The molecule has 3 heterocycles. The van der Waals surface area contributed by atoms with E-state index in [0.29, 0.717) is 51.5 Å². The van der Waals surface area contributed by atoms with Crippen LogP contribution in [0.15, 0.2) is 42.5 Å². The fourth-order valence-corrected chi connectivity index (χ4v) is 4.88. The van der Waals surface area contributed by atoms with Gasteiger partial charge in [0.25, 0.3) is 0 Å². The topological polar surface area (TPSA) is 42.6 Å². The van der Waals surface area contributed by atoms with Crippen molar-refractivity contribution in [3.63, 3.8) is 0 Å². The Morgan fingerprint density at radius 1 is 1.03 bits per heavy atom. The summed E-state index contributed by atoms with van der Waals surface area (Å²) in [6, 6.07) is 11.8. The van der Waals surface area contributed by atoms with Gasteiger partial charge in [-0.1, -0.05) is 17.7 Å². The number of piperazine rings is 1. The first-order chi connectivity index (χ1) is 15.8. The van der Waals surface area contributed by atoms with Crippen LogP contribution in [0.4, 0.5) is 18.9 Å². The number of amides is 1.